The fourth-order valence-corrected chi connectivity index (χ4v) is 6.97. The summed E-state index contributed by atoms with van der Waals surface area (Å²) in [5.74, 6) is 3.44. The van der Waals surface area contributed by atoms with Crippen molar-refractivity contribution < 1.29 is 0 Å². The van der Waals surface area contributed by atoms with Crippen LogP contribution in [0.25, 0.3) is 0 Å². The first kappa shape index (κ1) is 17.9. The van der Waals surface area contributed by atoms with E-state index in [2.05, 4.69) is 49.0 Å². The lowest BCUT2D eigenvalue weighted by Gasteiger charge is -2.57. The lowest BCUT2D eigenvalue weighted by atomic mass is 9.70. The fourth-order valence-electron chi connectivity index (χ4n) is 6.97. The predicted molar refractivity (Wildman–Crippen MR) is 107 cm³/mol. The van der Waals surface area contributed by atoms with E-state index >= 15 is 0 Å². The molecule has 12 unspecified atom stereocenters. The zero-order chi connectivity index (χ0) is 18.0. The zero-order valence-electron chi connectivity index (χ0n) is 17.2. The Balaban J connectivity index is 1.27. The standard InChI is InChI=1S/C22H40N4/c1-11-5-15-16(6-12(11)2)24-20-10-22-21(9-19(20)23-15)25-17-7-13(3)14(4)8-18(17)26-22/h11-26H,5-10H2,1-4H3. The summed E-state index contributed by atoms with van der Waals surface area (Å²) in [6.07, 6.45) is 7.97. The summed E-state index contributed by atoms with van der Waals surface area (Å²) in [4.78, 5) is 0. The molecule has 2 aliphatic heterocycles. The van der Waals surface area contributed by atoms with Crippen LogP contribution in [0.3, 0.4) is 0 Å². The molecule has 0 bridgehead atoms. The van der Waals surface area contributed by atoms with E-state index in [0.29, 0.717) is 48.3 Å². The van der Waals surface area contributed by atoms with Gasteiger partial charge in [-0.25, -0.2) is 0 Å². The van der Waals surface area contributed by atoms with Gasteiger partial charge in [-0.05, 0) is 62.2 Å². The van der Waals surface area contributed by atoms with Gasteiger partial charge in [0.2, 0.25) is 0 Å². The van der Waals surface area contributed by atoms with Crippen LogP contribution >= 0.6 is 0 Å². The highest BCUT2D eigenvalue weighted by atomic mass is 15.2. The molecule has 26 heavy (non-hydrogen) atoms. The number of piperazine rings is 2. The molecule has 5 aliphatic rings. The Morgan fingerprint density at radius 3 is 0.769 bits per heavy atom. The lowest BCUT2D eigenvalue weighted by Crippen LogP contribution is -2.76. The first-order valence-corrected chi connectivity index (χ1v) is 11.5. The maximum atomic E-state index is 4.10. The summed E-state index contributed by atoms with van der Waals surface area (Å²) in [5, 5.41) is 16.4. The molecular weight excluding hydrogens is 320 g/mol. The number of rotatable bonds is 0. The number of nitrogens with one attached hydrogen (secondary N) is 4. The van der Waals surface area contributed by atoms with E-state index in [9.17, 15) is 0 Å². The zero-order valence-corrected chi connectivity index (χ0v) is 17.2. The molecule has 2 heterocycles. The number of hydrogen-bond donors (Lipinski definition) is 4. The Morgan fingerprint density at radius 2 is 0.538 bits per heavy atom. The third-order valence-corrected chi connectivity index (χ3v) is 9.12. The molecule has 5 rings (SSSR count). The molecule has 0 amide bonds. The predicted octanol–water partition coefficient (Wildman–Crippen LogP) is 2.25. The van der Waals surface area contributed by atoms with Crippen molar-refractivity contribution in [2.24, 2.45) is 23.7 Å². The summed E-state index contributed by atoms with van der Waals surface area (Å²) >= 11 is 0. The van der Waals surface area contributed by atoms with Crippen molar-refractivity contribution in [3.05, 3.63) is 0 Å². The normalized spacial score (nSPS) is 59.5. The van der Waals surface area contributed by atoms with E-state index in [1.165, 1.54) is 38.5 Å². The van der Waals surface area contributed by atoms with E-state index in [0.717, 1.165) is 23.7 Å². The van der Waals surface area contributed by atoms with Crippen LogP contribution in [0.1, 0.15) is 66.2 Å². The maximum Gasteiger partial charge on any atom is 0.0240 e. The Hall–Kier alpha value is -0.160. The van der Waals surface area contributed by atoms with Crippen molar-refractivity contribution >= 4 is 0 Å². The monoisotopic (exact) mass is 360 g/mol. The Kier molecular flexibility index (Phi) is 4.63. The fraction of sp³-hybridized carbons (Fsp3) is 1.00. The SMILES string of the molecule is CC1CC2NC3CC4NC5CC(C)C(C)CC5NC4CC3NC2CC1C. The van der Waals surface area contributed by atoms with Crippen molar-refractivity contribution in [3.63, 3.8) is 0 Å². The molecule has 148 valence electrons. The van der Waals surface area contributed by atoms with Gasteiger partial charge in [0.15, 0.2) is 0 Å². The average molecular weight is 361 g/mol. The third kappa shape index (κ3) is 3.05. The van der Waals surface area contributed by atoms with E-state index in [4.69, 9.17) is 0 Å². The molecule has 0 aromatic rings. The van der Waals surface area contributed by atoms with Crippen LogP contribution in [0.15, 0.2) is 0 Å². The van der Waals surface area contributed by atoms with Crippen LogP contribution in [-0.4, -0.2) is 48.3 Å². The van der Waals surface area contributed by atoms with Crippen LogP contribution in [-0.2, 0) is 0 Å². The van der Waals surface area contributed by atoms with E-state index in [1.807, 2.05) is 0 Å². The highest BCUT2D eigenvalue weighted by Crippen LogP contribution is 2.38. The Labute approximate surface area is 160 Å². The van der Waals surface area contributed by atoms with Crippen molar-refractivity contribution in [3.8, 4) is 0 Å². The van der Waals surface area contributed by atoms with Gasteiger partial charge < -0.3 is 21.3 Å². The summed E-state index contributed by atoms with van der Waals surface area (Å²) in [6.45, 7) is 9.79. The van der Waals surface area contributed by atoms with E-state index in [-0.39, 0.29) is 0 Å². The van der Waals surface area contributed by atoms with Crippen molar-refractivity contribution in [1.29, 1.82) is 0 Å². The third-order valence-electron chi connectivity index (χ3n) is 9.12. The molecule has 3 aliphatic carbocycles. The number of fused-ring (bicyclic) bond motifs is 4. The summed E-state index contributed by atoms with van der Waals surface area (Å²) in [6, 6.07) is 5.40. The Bertz CT molecular complexity index is 434. The Morgan fingerprint density at radius 1 is 0.346 bits per heavy atom. The van der Waals surface area contributed by atoms with Crippen LogP contribution < -0.4 is 21.3 Å². The lowest BCUT2D eigenvalue weighted by molar-refractivity contribution is 0.0408. The average Bonchev–Trinajstić information content (AvgIpc) is 2.59. The topological polar surface area (TPSA) is 48.1 Å². The minimum absolute atomic E-state index is 0.656. The largest absolute Gasteiger partial charge is 0.308 e. The molecular formula is C22H40N4. The summed E-state index contributed by atoms with van der Waals surface area (Å²) in [5.41, 5.74) is 0. The second kappa shape index (κ2) is 6.72. The minimum Gasteiger partial charge on any atom is -0.308 e. The van der Waals surface area contributed by atoms with Crippen LogP contribution in [0.5, 0.6) is 0 Å². The van der Waals surface area contributed by atoms with Gasteiger partial charge in [0.05, 0.1) is 0 Å². The van der Waals surface area contributed by atoms with Crippen LogP contribution in [0, 0.1) is 23.7 Å². The highest BCUT2D eigenvalue weighted by Gasteiger charge is 2.49. The van der Waals surface area contributed by atoms with Gasteiger partial charge in [-0.3, -0.25) is 0 Å². The molecule has 12 atom stereocenters. The second-order valence-electron chi connectivity index (χ2n) is 10.8. The first-order chi connectivity index (χ1) is 12.5. The molecule has 0 spiro atoms. The molecule has 4 nitrogen and oxygen atoms in total. The van der Waals surface area contributed by atoms with Gasteiger partial charge in [0.25, 0.3) is 0 Å². The molecule has 2 saturated heterocycles. The van der Waals surface area contributed by atoms with Crippen LogP contribution in [0.4, 0.5) is 0 Å². The quantitative estimate of drug-likeness (QED) is 0.535. The van der Waals surface area contributed by atoms with Gasteiger partial charge in [-0.2, -0.15) is 0 Å². The van der Waals surface area contributed by atoms with Gasteiger partial charge in [-0.15, -0.1) is 0 Å². The number of hydrogen-bond acceptors (Lipinski definition) is 4. The van der Waals surface area contributed by atoms with Crippen molar-refractivity contribution in [2.75, 3.05) is 0 Å². The molecule has 4 N–H and O–H groups in total. The van der Waals surface area contributed by atoms with Gasteiger partial charge >= 0.3 is 0 Å². The van der Waals surface area contributed by atoms with Gasteiger partial charge in [0, 0.05) is 48.3 Å². The smallest absolute Gasteiger partial charge is 0.0240 e. The van der Waals surface area contributed by atoms with Crippen LogP contribution in [0.2, 0.25) is 0 Å². The van der Waals surface area contributed by atoms with E-state index < -0.39 is 0 Å². The highest BCUT2D eigenvalue weighted by molar-refractivity contribution is 5.11. The molecule has 4 heteroatoms. The molecule has 5 fully saturated rings. The summed E-state index contributed by atoms with van der Waals surface area (Å²) in [7, 11) is 0. The molecule has 3 saturated carbocycles. The molecule has 0 aromatic heterocycles. The second-order valence-corrected chi connectivity index (χ2v) is 10.8. The first-order valence-electron chi connectivity index (χ1n) is 11.5. The summed E-state index contributed by atoms with van der Waals surface area (Å²) < 4.78 is 0. The van der Waals surface area contributed by atoms with E-state index in [1.54, 1.807) is 0 Å². The maximum absolute atomic E-state index is 4.10. The molecule has 0 radical (unpaired) electrons. The van der Waals surface area contributed by atoms with Gasteiger partial charge in [0.1, 0.15) is 0 Å². The minimum atomic E-state index is 0.656. The molecule has 0 aromatic carbocycles. The van der Waals surface area contributed by atoms with Crippen molar-refractivity contribution in [2.45, 2.75) is 115 Å². The van der Waals surface area contributed by atoms with Gasteiger partial charge in [-0.1, -0.05) is 27.7 Å². The van der Waals surface area contributed by atoms with Crippen molar-refractivity contribution in [1.82, 2.24) is 21.3 Å².